The Kier molecular flexibility index (Phi) is 15.8. The van der Waals surface area contributed by atoms with Gasteiger partial charge < -0.3 is 53.4 Å². The second-order valence-electron chi connectivity index (χ2n) is 7.93. The molecule has 0 aliphatic carbocycles. The number of nitrogens with two attached hydrogens (primary N) is 2. The van der Waals surface area contributed by atoms with Crippen molar-refractivity contribution in [1.29, 1.82) is 0 Å². The summed E-state index contributed by atoms with van der Waals surface area (Å²) < 4.78 is 0. The summed E-state index contributed by atoms with van der Waals surface area (Å²) in [6, 6.07) is -5.43. The minimum Gasteiger partial charge on any atom is -0.481 e. The van der Waals surface area contributed by atoms with Gasteiger partial charge in [0, 0.05) is 0 Å². The fraction of sp³-hybridized carbons (Fsp3) is 0.650. The molecule has 0 heterocycles. The summed E-state index contributed by atoms with van der Waals surface area (Å²) in [6.07, 6.45) is 0.178. The van der Waals surface area contributed by atoms with Crippen molar-refractivity contribution < 1.29 is 48.9 Å². The van der Waals surface area contributed by atoms with E-state index in [0.29, 0.717) is 19.4 Å². The summed E-state index contributed by atoms with van der Waals surface area (Å²) in [5, 5.41) is 38.3. The number of aliphatic hydroxyl groups excluding tert-OH is 1. The quantitative estimate of drug-likeness (QED) is 0.0739. The molecular weight excluding hydrogens is 498 g/mol. The van der Waals surface area contributed by atoms with E-state index in [1.807, 2.05) is 0 Å². The molecule has 17 heteroatoms. The van der Waals surface area contributed by atoms with Gasteiger partial charge in [0.2, 0.25) is 29.5 Å². The average molecular weight is 534 g/mol. The summed E-state index contributed by atoms with van der Waals surface area (Å²) in [5.41, 5.74) is 10.7. The second-order valence-corrected chi connectivity index (χ2v) is 7.93. The molecule has 0 saturated carbocycles. The van der Waals surface area contributed by atoms with E-state index < -0.39 is 91.8 Å². The van der Waals surface area contributed by atoms with Crippen LogP contribution in [0.2, 0.25) is 0 Å². The molecule has 0 aliphatic heterocycles. The van der Waals surface area contributed by atoms with Crippen LogP contribution in [-0.2, 0) is 33.6 Å². The zero-order chi connectivity index (χ0) is 28.5. The Morgan fingerprint density at radius 3 is 1.76 bits per heavy atom. The number of aliphatic carboxylic acids is 2. The molecule has 210 valence electrons. The monoisotopic (exact) mass is 533 g/mol. The van der Waals surface area contributed by atoms with Gasteiger partial charge in [-0.15, -0.1) is 0 Å². The highest BCUT2D eigenvalue weighted by molar-refractivity contribution is 5.96. The zero-order valence-corrected chi connectivity index (χ0v) is 20.3. The van der Waals surface area contributed by atoms with E-state index in [2.05, 4.69) is 26.6 Å². The third-order valence-electron chi connectivity index (χ3n) is 4.69. The summed E-state index contributed by atoms with van der Waals surface area (Å²) >= 11 is 0. The van der Waals surface area contributed by atoms with Crippen LogP contribution in [0.15, 0.2) is 0 Å². The Bertz CT molecular complexity index is 836. The Balaban J connectivity index is 5.01. The first kappa shape index (κ1) is 33.2. The molecule has 0 rings (SSSR count). The lowest BCUT2D eigenvalue weighted by molar-refractivity contribution is -0.142. The van der Waals surface area contributed by atoms with Crippen LogP contribution in [0.5, 0.6) is 0 Å². The summed E-state index contributed by atoms with van der Waals surface area (Å²) in [5.74, 6) is -7.38. The van der Waals surface area contributed by atoms with Crippen molar-refractivity contribution in [2.24, 2.45) is 11.5 Å². The molecule has 12 N–H and O–H groups in total. The van der Waals surface area contributed by atoms with E-state index in [4.69, 9.17) is 16.6 Å². The number of nitrogens with one attached hydrogen (secondary N) is 5. The Morgan fingerprint density at radius 1 is 0.757 bits per heavy atom. The first-order chi connectivity index (χ1) is 17.3. The Labute approximate surface area is 212 Å². The fourth-order valence-corrected chi connectivity index (χ4v) is 2.71. The predicted molar refractivity (Wildman–Crippen MR) is 125 cm³/mol. The maximum atomic E-state index is 12.4. The van der Waals surface area contributed by atoms with Gasteiger partial charge in [0.15, 0.2) is 0 Å². The fourth-order valence-electron chi connectivity index (χ4n) is 2.71. The van der Waals surface area contributed by atoms with E-state index in [-0.39, 0.29) is 6.42 Å². The normalized spacial score (nSPS) is 13.7. The molecule has 37 heavy (non-hydrogen) atoms. The van der Waals surface area contributed by atoms with Gasteiger partial charge in [-0.25, -0.2) is 4.79 Å². The number of carbonyl (C=O) groups excluding carboxylic acids is 5. The third kappa shape index (κ3) is 14.4. The van der Waals surface area contributed by atoms with Gasteiger partial charge in [0.1, 0.15) is 18.1 Å². The van der Waals surface area contributed by atoms with Crippen LogP contribution < -0.4 is 38.1 Å². The molecule has 0 radical (unpaired) electrons. The number of rotatable bonds is 18. The number of carboxylic acid groups (broad SMARTS) is 2. The molecule has 0 aromatic heterocycles. The maximum Gasteiger partial charge on any atom is 0.326 e. The summed E-state index contributed by atoms with van der Waals surface area (Å²) in [6.45, 7) is -0.490. The molecule has 0 bridgehead atoms. The standard InChI is InChI=1S/C20H35N7O10/c1-10(22)17(33)23-7-15(30)26-13(9-28)19(35)27-12(6-16(31)32)18(34)24-8-14(29)25-11(20(36)37)4-2-3-5-21/h10-13,28H,2-9,21-22H2,1H3,(H,23,33)(H,24,34)(H,25,29)(H,26,30)(H,27,35)(H,31,32)(H,36,37)/t10-,11-,12-,13-/m0/s1. The van der Waals surface area contributed by atoms with E-state index in [0.717, 1.165) is 0 Å². The van der Waals surface area contributed by atoms with Crippen LogP contribution in [0.4, 0.5) is 0 Å². The van der Waals surface area contributed by atoms with Crippen molar-refractivity contribution in [3.05, 3.63) is 0 Å². The van der Waals surface area contributed by atoms with Gasteiger partial charge in [-0.05, 0) is 32.7 Å². The number of hydrogen-bond acceptors (Lipinski definition) is 10. The molecule has 5 amide bonds. The molecule has 4 atom stereocenters. The van der Waals surface area contributed by atoms with E-state index in [9.17, 15) is 43.8 Å². The first-order valence-corrected chi connectivity index (χ1v) is 11.3. The number of aliphatic hydroxyl groups is 1. The molecule has 17 nitrogen and oxygen atoms in total. The Morgan fingerprint density at radius 2 is 1.30 bits per heavy atom. The molecule has 0 aliphatic rings. The third-order valence-corrected chi connectivity index (χ3v) is 4.69. The second kappa shape index (κ2) is 17.6. The van der Waals surface area contributed by atoms with Gasteiger partial charge in [-0.3, -0.25) is 28.8 Å². The van der Waals surface area contributed by atoms with Crippen molar-refractivity contribution in [3.63, 3.8) is 0 Å². The topological polar surface area (TPSA) is 292 Å². The first-order valence-electron chi connectivity index (χ1n) is 11.3. The summed E-state index contributed by atoms with van der Waals surface area (Å²) in [7, 11) is 0. The number of unbranched alkanes of at least 4 members (excludes halogenated alkanes) is 1. The van der Waals surface area contributed by atoms with Crippen LogP contribution in [0.1, 0.15) is 32.6 Å². The van der Waals surface area contributed by atoms with Gasteiger partial charge in [-0.1, -0.05) is 0 Å². The lowest BCUT2D eigenvalue weighted by Gasteiger charge is -2.21. The average Bonchev–Trinajstić information content (AvgIpc) is 2.82. The molecule has 0 aromatic carbocycles. The van der Waals surface area contributed by atoms with Crippen LogP contribution >= 0.6 is 0 Å². The lowest BCUT2D eigenvalue weighted by atomic mass is 10.1. The van der Waals surface area contributed by atoms with E-state index >= 15 is 0 Å². The van der Waals surface area contributed by atoms with Crippen LogP contribution in [0.3, 0.4) is 0 Å². The van der Waals surface area contributed by atoms with Gasteiger partial charge in [-0.2, -0.15) is 0 Å². The predicted octanol–water partition coefficient (Wildman–Crippen LogP) is -5.30. The van der Waals surface area contributed by atoms with Crippen LogP contribution in [0.25, 0.3) is 0 Å². The maximum absolute atomic E-state index is 12.4. The minimum atomic E-state index is -1.71. The SMILES string of the molecule is C[C@H](N)C(=O)NCC(=O)N[C@@H](CO)C(=O)N[C@@H](CC(=O)O)C(=O)NCC(=O)N[C@@H](CCCCN)C(=O)O. The zero-order valence-electron chi connectivity index (χ0n) is 20.3. The lowest BCUT2D eigenvalue weighted by Crippen LogP contribution is -2.57. The van der Waals surface area contributed by atoms with Crippen LogP contribution in [-0.4, -0.2) is 107 Å². The molecule has 0 unspecified atom stereocenters. The number of carbonyl (C=O) groups is 7. The van der Waals surface area contributed by atoms with Gasteiger partial charge >= 0.3 is 11.9 Å². The van der Waals surface area contributed by atoms with Gasteiger partial charge in [0.05, 0.1) is 32.2 Å². The number of amides is 5. The van der Waals surface area contributed by atoms with Crippen molar-refractivity contribution in [2.75, 3.05) is 26.2 Å². The van der Waals surface area contributed by atoms with Crippen molar-refractivity contribution in [2.45, 2.75) is 56.8 Å². The smallest absolute Gasteiger partial charge is 0.326 e. The molecule has 0 spiro atoms. The molecule has 0 saturated heterocycles. The molecule has 0 aromatic rings. The van der Waals surface area contributed by atoms with E-state index in [1.165, 1.54) is 6.92 Å². The Hall–Kier alpha value is -3.83. The molecule has 0 fully saturated rings. The van der Waals surface area contributed by atoms with Crippen molar-refractivity contribution in [3.8, 4) is 0 Å². The van der Waals surface area contributed by atoms with E-state index in [1.54, 1.807) is 0 Å². The van der Waals surface area contributed by atoms with Crippen molar-refractivity contribution in [1.82, 2.24) is 26.6 Å². The highest BCUT2D eigenvalue weighted by atomic mass is 16.4. The largest absolute Gasteiger partial charge is 0.481 e. The minimum absolute atomic E-state index is 0.104. The number of hydrogen-bond donors (Lipinski definition) is 10. The van der Waals surface area contributed by atoms with Crippen LogP contribution in [0, 0.1) is 0 Å². The van der Waals surface area contributed by atoms with Crippen molar-refractivity contribution >= 4 is 41.5 Å². The highest BCUT2D eigenvalue weighted by Gasteiger charge is 2.29. The highest BCUT2D eigenvalue weighted by Crippen LogP contribution is 2.01. The van der Waals surface area contributed by atoms with Gasteiger partial charge in [0.25, 0.3) is 0 Å². The molecular formula is C20H35N7O10. The summed E-state index contributed by atoms with van der Waals surface area (Å²) in [4.78, 5) is 82.6. The number of carboxylic acids is 2.